The van der Waals surface area contributed by atoms with Gasteiger partial charge in [0.25, 0.3) is 5.56 Å². The van der Waals surface area contributed by atoms with Gasteiger partial charge in [-0.15, -0.1) is 0 Å². The average Bonchev–Trinajstić information content (AvgIpc) is 3.25. The molecule has 0 amide bonds. The summed E-state index contributed by atoms with van der Waals surface area (Å²) < 4.78 is 61.1. The summed E-state index contributed by atoms with van der Waals surface area (Å²) in [6, 6.07) is 15.0. The Labute approximate surface area is 209 Å². The molecule has 0 radical (unpaired) electrons. The molecule has 0 saturated heterocycles. The fourth-order valence-electron chi connectivity index (χ4n) is 4.88. The van der Waals surface area contributed by atoms with Gasteiger partial charge >= 0.3 is 11.8 Å². The molecule has 2 aromatic heterocycles. The van der Waals surface area contributed by atoms with E-state index in [2.05, 4.69) is 0 Å². The Bertz CT molecular complexity index is 1840. The molecule has 1 aliphatic heterocycles. The zero-order valence-corrected chi connectivity index (χ0v) is 19.5. The van der Waals surface area contributed by atoms with Gasteiger partial charge in [-0.1, -0.05) is 48.2 Å². The molecule has 0 bridgehead atoms. The second-order valence-electron chi connectivity index (χ2n) is 8.63. The number of aromatic nitrogens is 1. The molecule has 1 aliphatic rings. The van der Waals surface area contributed by atoms with Crippen molar-refractivity contribution in [2.24, 2.45) is 0 Å². The van der Waals surface area contributed by atoms with E-state index in [4.69, 9.17) is 4.42 Å². The zero-order valence-electron chi connectivity index (χ0n) is 18.7. The molecule has 3 aromatic carbocycles. The Morgan fingerprint density at radius 1 is 0.973 bits per heavy atom. The number of rotatable bonds is 3. The molecule has 5 aromatic rings. The molecule has 5 nitrogen and oxygen atoms in total. The van der Waals surface area contributed by atoms with E-state index >= 15 is 0 Å². The molecule has 0 saturated carbocycles. The van der Waals surface area contributed by atoms with Crippen molar-refractivity contribution in [2.45, 2.75) is 28.4 Å². The third-order valence-corrected chi connectivity index (χ3v) is 7.62. The largest absolute Gasteiger partial charge is 0.505 e. The summed E-state index contributed by atoms with van der Waals surface area (Å²) in [7, 11) is 0. The van der Waals surface area contributed by atoms with Crippen LogP contribution in [0.25, 0.3) is 21.9 Å². The Morgan fingerprint density at radius 2 is 1.70 bits per heavy atom. The highest BCUT2D eigenvalue weighted by atomic mass is 32.2. The van der Waals surface area contributed by atoms with E-state index in [0.717, 1.165) is 11.6 Å². The number of alkyl halides is 3. The van der Waals surface area contributed by atoms with Crippen molar-refractivity contribution in [2.75, 3.05) is 0 Å². The van der Waals surface area contributed by atoms with E-state index in [1.54, 1.807) is 24.3 Å². The van der Waals surface area contributed by atoms with Crippen LogP contribution < -0.4 is 11.2 Å². The van der Waals surface area contributed by atoms with Gasteiger partial charge in [-0.05, 0) is 47.9 Å². The van der Waals surface area contributed by atoms with Crippen LogP contribution in [0.15, 0.2) is 90.5 Å². The van der Waals surface area contributed by atoms with Crippen LogP contribution in [0.5, 0.6) is 5.75 Å². The van der Waals surface area contributed by atoms with Crippen LogP contribution in [-0.4, -0.2) is 9.67 Å². The maximum Gasteiger partial charge on any atom is 0.417 e. The first-order chi connectivity index (χ1) is 17.6. The maximum absolute atomic E-state index is 13.8. The van der Waals surface area contributed by atoms with Crippen LogP contribution in [0, 0.1) is 5.82 Å². The second-order valence-corrected chi connectivity index (χ2v) is 9.68. The van der Waals surface area contributed by atoms with Crippen molar-refractivity contribution in [3.05, 3.63) is 110 Å². The van der Waals surface area contributed by atoms with Gasteiger partial charge in [-0.3, -0.25) is 9.36 Å². The van der Waals surface area contributed by atoms with Crippen molar-refractivity contribution in [3.63, 3.8) is 0 Å². The highest BCUT2D eigenvalue weighted by molar-refractivity contribution is 7.99. The van der Waals surface area contributed by atoms with Gasteiger partial charge in [0, 0.05) is 10.3 Å². The molecule has 1 atom stereocenters. The van der Waals surface area contributed by atoms with Gasteiger partial charge in [0.2, 0.25) is 0 Å². The number of pyridine rings is 1. The molecule has 1 N–H and O–H groups in total. The van der Waals surface area contributed by atoms with E-state index in [1.165, 1.54) is 34.9 Å². The molecule has 186 valence electrons. The van der Waals surface area contributed by atoms with Crippen LogP contribution in [0.2, 0.25) is 0 Å². The Hall–Kier alpha value is -4.05. The Kier molecular flexibility index (Phi) is 5.20. The minimum absolute atomic E-state index is 0.145. The van der Waals surface area contributed by atoms with Gasteiger partial charge in [-0.2, -0.15) is 13.2 Å². The third-order valence-electron chi connectivity index (χ3n) is 6.48. The molecule has 6 rings (SSSR count). The number of nitrogens with zero attached hydrogens (tertiary/aromatic N) is 1. The van der Waals surface area contributed by atoms with Crippen molar-refractivity contribution in [1.82, 2.24) is 4.57 Å². The molecule has 3 heterocycles. The van der Waals surface area contributed by atoms with E-state index in [9.17, 15) is 32.3 Å². The summed E-state index contributed by atoms with van der Waals surface area (Å²) in [5.41, 5.74) is -0.905. The van der Waals surface area contributed by atoms with E-state index in [1.807, 2.05) is 6.07 Å². The number of aromatic hydroxyl groups is 1. The Balaban J connectivity index is 1.62. The van der Waals surface area contributed by atoms with Gasteiger partial charge < -0.3 is 9.52 Å². The monoisotopic (exact) mass is 525 g/mol. The van der Waals surface area contributed by atoms with Gasteiger partial charge in [0.1, 0.15) is 16.1 Å². The zero-order chi connectivity index (χ0) is 26.1. The first kappa shape index (κ1) is 23.4. The summed E-state index contributed by atoms with van der Waals surface area (Å²) in [5, 5.41) is 11.2. The summed E-state index contributed by atoms with van der Waals surface area (Å²) >= 11 is 0.382. The minimum atomic E-state index is -4.70. The fraction of sp³-hybridized carbons (Fsp3) is 0.111. The first-order valence-electron chi connectivity index (χ1n) is 11.1. The van der Waals surface area contributed by atoms with Gasteiger partial charge in [-0.25, -0.2) is 9.18 Å². The van der Waals surface area contributed by atoms with Gasteiger partial charge in [0.05, 0.1) is 17.1 Å². The summed E-state index contributed by atoms with van der Waals surface area (Å²) in [6.45, 7) is 0. The van der Waals surface area contributed by atoms with Gasteiger partial charge in [0.15, 0.2) is 11.3 Å². The van der Waals surface area contributed by atoms with Crippen LogP contribution >= 0.6 is 11.8 Å². The molecule has 0 aliphatic carbocycles. The predicted molar refractivity (Wildman–Crippen MR) is 130 cm³/mol. The first-order valence-corrected chi connectivity index (χ1v) is 11.9. The smallest absolute Gasteiger partial charge is 0.417 e. The molecular weight excluding hydrogens is 510 g/mol. The predicted octanol–water partition coefficient (Wildman–Crippen LogP) is 6.27. The van der Waals surface area contributed by atoms with Crippen molar-refractivity contribution >= 4 is 33.6 Å². The lowest BCUT2D eigenvalue weighted by Crippen LogP contribution is -2.24. The lowest BCUT2D eigenvalue weighted by molar-refractivity contribution is -0.139. The average molecular weight is 525 g/mol. The van der Waals surface area contributed by atoms with E-state index in [-0.39, 0.29) is 15.9 Å². The maximum atomic E-state index is 13.8. The topological polar surface area (TPSA) is 72.4 Å². The number of benzene rings is 3. The normalized spacial score (nSPS) is 15.1. The summed E-state index contributed by atoms with van der Waals surface area (Å²) in [6.07, 6.45) is -4.29. The quantitative estimate of drug-likeness (QED) is 0.222. The lowest BCUT2D eigenvalue weighted by atomic mass is 10.0. The number of fused-ring (bicyclic) bond motifs is 2. The Morgan fingerprint density at radius 3 is 2.43 bits per heavy atom. The molecule has 10 heteroatoms. The van der Waals surface area contributed by atoms with Crippen LogP contribution in [0.1, 0.15) is 22.7 Å². The second kappa shape index (κ2) is 8.24. The summed E-state index contributed by atoms with van der Waals surface area (Å²) in [5.74, 6) is -1.19. The summed E-state index contributed by atoms with van der Waals surface area (Å²) in [4.78, 5) is 25.9. The number of para-hydroxylation sites is 1. The van der Waals surface area contributed by atoms with Crippen LogP contribution in [0.4, 0.5) is 17.6 Å². The number of hydrogen-bond donors (Lipinski definition) is 1. The number of hydrogen-bond acceptors (Lipinski definition) is 5. The number of halogens is 4. The van der Waals surface area contributed by atoms with E-state index in [0.29, 0.717) is 34.6 Å². The molecule has 1 unspecified atom stereocenters. The van der Waals surface area contributed by atoms with Crippen LogP contribution in [0.3, 0.4) is 0 Å². The highest BCUT2D eigenvalue weighted by Gasteiger charge is 2.35. The van der Waals surface area contributed by atoms with E-state index < -0.39 is 45.4 Å². The molecular formula is C27H15F4NO4S. The van der Waals surface area contributed by atoms with Crippen LogP contribution in [-0.2, 0) is 12.6 Å². The van der Waals surface area contributed by atoms with Crippen molar-refractivity contribution < 1.29 is 27.1 Å². The third kappa shape index (κ3) is 3.62. The molecule has 0 spiro atoms. The standard InChI is InChI=1S/C27H15F4NO4S/c28-15-10-8-13(9-11-15)18-12-14-4-3-5-16-21(14)32(18)25(34)20-22(33)24(26(35)36-23(16)20)37-19-7-2-1-6-17(19)27(29,30)31/h1-11,18,33H,12H2. The lowest BCUT2D eigenvalue weighted by Gasteiger charge is -2.17. The van der Waals surface area contributed by atoms with Crippen molar-refractivity contribution in [3.8, 4) is 5.75 Å². The minimum Gasteiger partial charge on any atom is -0.505 e. The molecule has 37 heavy (non-hydrogen) atoms. The molecule has 0 fully saturated rings. The van der Waals surface area contributed by atoms with Crippen molar-refractivity contribution in [1.29, 1.82) is 0 Å². The fourth-order valence-corrected chi connectivity index (χ4v) is 5.86. The highest BCUT2D eigenvalue weighted by Crippen LogP contribution is 2.44. The SMILES string of the molecule is O=c1oc2c(c(O)c1Sc1ccccc1C(F)(F)F)c(=O)n1c3c(cccc23)CC1c1ccc(F)cc1.